The Morgan fingerprint density at radius 3 is 2.21 bits per heavy atom. The first-order chi connectivity index (χ1) is 13.8. The second-order valence-corrected chi connectivity index (χ2v) is 6.12. The van der Waals surface area contributed by atoms with Crippen molar-refractivity contribution in [3.8, 4) is 0 Å². The summed E-state index contributed by atoms with van der Waals surface area (Å²) in [4.78, 5) is 28.3. The average molecular weight is 403 g/mol. The molecule has 0 aliphatic carbocycles. The van der Waals surface area contributed by atoms with Gasteiger partial charge in [0.2, 0.25) is 5.91 Å². The number of hydrogen-bond acceptors (Lipinski definition) is 4. The van der Waals surface area contributed by atoms with Crippen molar-refractivity contribution in [3.05, 3.63) is 72.3 Å². The van der Waals surface area contributed by atoms with Crippen LogP contribution in [0.4, 0.5) is 24.5 Å². The van der Waals surface area contributed by atoms with Crippen LogP contribution in [0.15, 0.2) is 61.2 Å². The van der Waals surface area contributed by atoms with Crippen LogP contribution >= 0.6 is 0 Å². The number of halogens is 3. The van der Waals surface area contributed by atoms with Crippen LogP contribution in [-0.4, -0.2) is 26.6 Å². The lowest BCUT2D eigenvalue weighted by Crippen LogP contribution is -2.24. The molecule has 150 valence electrons. The van der Waals surface area contributed by atoms with E-state index in [1.807, 2.05) is 0 Å². The summed E-state index contributed by atoms with van der Waals surface area (Å²) in [6.45, 7) is 1.65. The van der Waals surface area contributed by atoms with E-state index < -0.39 is 29.3 Å². The van der Waals surface area contributed by atoms with Crippen molar-refractivity contribution in [2.75, 3.05) is 10.6 Å². The molecule has 1 aromatic heterocycles. The molecule has 7 nitrogen and oxygen atoms in total. The average Bonchev–Trinajstić information content (AvgIpc) is 3.23. The minimum Gasteiger partial charge on any atom is -0.324 e. The van der Waals surface area contributed by atoms with Crippen molar-refractivity contribution < 1.29 is 22.8 Å². The highest BCUT2D eigenvalue weighted by Gasteiger charge is 2.34. The lowest BCUT2D eigenvalue weighted by atomic mass is 10.1. The van der Waals surface area contributed by atoms with Crippen LogP contribution in [0.5, 0.6) is 0 Å². The van der Waals surface area contributed by atoms with Gasteiger partial charge in [0, 0.05) is 11.4 Å². The number of anilines is 2. The number of carbonyl (C=O) groups excluding carboxylic acids is 2. The van der Waals surface area contributed by atoms with Gasteiger partial charge in [-0.2, -0.15) is 18.3 Å². The predicted octanol–water partition coefficient (Wildman–Crippen LogP) is 3.75. The highest BCUT2D eigenvalue weighted by Crippen LogP contribution is 2.32. The Bertz CT molecular complexity index is 1000. The van der Waals surface area contributed by atoms with Gasteiger partial charge in [-0.3, -0.25) is 9.59 Å². The molecule has 3 rings (SSSR count). The van der Waals surface area contributed by atoms with E-state index in [1.165, 1.54) is 53.7 Å². The topological polar surface area (TPSA) is 88.9 Å². The van der Waals surface area contributed by atoms with Gasteiger partial charge in [-0.1, -0.05) is 12.1 Å². The number of alkyl halides is 3. The first-order valence-corrected chi connectivity index (χ1v) is 8.48. The molecule has 0 radical (unpaired) electrons. The molecule has 0 aliphatic rings. The van der Waals surface area contributed by atoms with Crippen LogP contribution in [0.1, 0.15) is 28.9 Å². The van der Waals surface area contributed by atoms with Gasteiger partial charge in [-0.05, 0) is 43.3 Å². The Morgan fingerprint density at radius 1 is 1.00 bits per heavy atom. The van der Waals surface area contributed by atoms with Gasteiger partial charge in [-0.25, -0.2) is 9.67 Å². The number of aromatic nitrogens is 3. The normalized spacial score (nSPS) is 12.3. The largest absolute Gasteiger partial charge is 0.417 e. The standard InChI is InChI=1S/C19H16F3N5O2/c1-12(27-11-23-10-24-27)17(28)25-13-6-8-14(9-7-13)26-18(29)15-4-2-3-5-16(15)19(20,21)22/h2-12H,1H3,(H,25,28)(H,26,29). The van der Waals surface area contributed by atoms with E-state index >= 15 is 0 Å². The maximum Gasteiger partial charge on any atom is 0.417 e. The number of nitrogens with one attached hydrogen (secondary N) is 2. The van der Waals surface area contributed by atoms with E-state index in [0.29, 0.717) is 5.69 Å². The fraction of sp³-hybridized carbons (Fsp3) is 0.158. The molecule has 0 aliphatic heterocycles. The third-order valence-electron chi connectivity index (χ3n) is 4.10. The molecule has 2 N–H and O–H groups in total. The molecule has 2 aromatic carbocycles. The van der Waals surface area contributed by atoms with Gasteiger partial charge >= 0.3 is 6.18 Å². The van der Waals surface area contributed by atoms with Crippen molar-refractivity contribution in [3.63, 3.8) is 0 Å². The van der Waals surface area contributed by atoms with Crippen molar-refractivity contribution in [2.45, 2.75) is 19.1 Å². The molecule has 0 spiro atoms. The zero-order chi connectivity index (χ0) is 21.0. The Kier molecular flexibility index (Phi) is 5.62. The van der Waals surface area contributed by atoms with Gasteiger partial charge in [-0.15, -0.1) is 0 Å². The lowest BCUT2D eigenvalue weighted by molar-refractivity contribution is -0.137. The maximum absolute atomic E-state index is 13.1. The summed E-state index contributed by atoms with van der Waals surface area (Å²) in [5, 5.41) is 9.00. The predicted molar refractivity (Wildman–Crippen MR) is 99.2 cm³/mol. The quantitative estimate of drug-likeness (QED) is 0.679. The van der Waals surface area contributed by atoms with Gasteiger partial charge in [0.25, 0.3) is 5.91 Å². The number of hydrogen-bond donors (Lipinski definition) is 2. The van der Waals surface area contributed by atoms with E-state index in [1.54, 1.807) is 6.92 Å². The van der Waals surface area contributed by atoms with Gasteiger partial charge in [0.1, 0.15) is 18.7 Å². The van der Waals surface area contributed by atoms with Crippen LogP contribution < -0.4 is 10.6 Å². The van der Waals surface area contributed by atoms with Crippen molar-refractivity contribution in [1.82, 2.24) is 14.8 Å². The summed E-state index contributed by atoms with van der Waals surface area (Å²) >= 11 is 0. The van der Waals surface area contributed by atoms with E-state index in [9.17, 15) is 22.8 Å². The molecule has 2 amide bonds. The SMILES string of the molecule is CC(C(=O)Nc1ccc(NC(=O)c2ccccc2C(F)(F)F)cc1)n1cncn1. The molecule has 1 unspecified atom stereocenters. The highest BCUT2D eigenvalue weighted by molar-refractivity contribution is 6.05. The Balaban J connectivity index is 1.67. The molecular weight excluding hydrogens is 387 g/mol. The summed E-state index contributed by atoms with van der Waals surface area (Å²) in [6, 6.07) is 9.96. The molecule has 0 bridgehead atoms. The minimum absolute atomic E-state index is 0.286. The smallest absolute Gasteiger partial charge is 0.324 e. The summed E-state index contributed by atoms with van der Waals surface area (Å²) in [5.41, 5.74) is -0.743. The van der Waals surface area contributed by atoms with Crippen LogP contribution in [0.2, 0.25) is 0 Å². The molecule has 3 aromatic rings. The second-order valence-electron chi connectivity index (χ2n) is 6.12. The lowest BCUT2D eigenvalue weighted by Gasteiger charge is -2.14. The fourth-order valence-electron chi connectivity index (χ4n) is 2.55. The van der Waals surface area contributed by atoms with Crippen LogP contribution in [0.25, 0.3) is 0 Å². The van der Waals surface area contributed by atoms with Crippen molar-refractivity contribution >= 4 is 23.2 Å². The number of carbonyl (C=O) groups is 2. The van der Waals surface area contributed by atoms with E-state index in [4.69, 9.17) is 0 Å². The number of amides is 2. The Hall–Kier alpha value is -3.69. The molecule has 29 heavy (non-hydrogen) atoms. The monoisotopic (exact) mass is 403 g/mol. The van der Waals surface area contributed by atoms with Gasteiger partial charge < -0.3 is 10.6 Å². The minimum atomic E-state index is -4.64. The number of nitrogens with zero attached hydrogens (tertiary/aromatic N) is 3. The van der Waals surface area contributed by atoms with Crippen molar-refractivity contribution in [2.24, 2.45) is 0 Å². The summed E-state index contributed by atoms with van der Waals surface area (Å²) in [6.07, 6.45) is -1.90. The third kappa shape index (κ3) is 4.78. The summed E-state index contributed by atoms with van der Waals surface area (Å²) in [7, 11) is 0. The van der Waals surface area contributed by atoms with E-state index in [2.05, 4.69) is 20.7 Å². The maximum atomic E-state index is 13.1. The van der Waals surface area contributed by atoms with Crippen LogP contribution in [0.3, 0.4) is 0 Å². The molecule has 10 heteroatoms. The van der Waals surface area contributed by atoms with E-state index in [-0.39, 0.29) is 11.6 Å². The van der Waals surface area contributed by atoms with Gasteiger partial charge in [0.05, 0.1) is 11.1 Å². The Labute approximate surface area is 163 Å². The van der Waals surface area contributed by atoms with Crippen LogP contribution in [0, 0.1) is 0 Å². The Morgan fingerprint density at radius 2 is 1.62 bits per heavy atom. The second kappa shape index (κ2) is 8.13. The molecular formula is C19H16F3N5O2. The number of rotatable bonds is 5. The van der Waals surface area contributed by atoms with E-state index in [0.717, 1.165) is 12.1 Å². The molecule has 0 saturated heterocycles. The first-order valence-electron chi connectivity index (χ1n) is 8.48. The molecule has 1 atom stereocenters. The fourth-order valence-corrected chi connectivity index (χ4v) is 2.55. The van der Waals surface area contributed by atoms with Gasteiger partial charge in [0.15, 0.2) is 0 Å². The third-order valence-corrected chi connectivity index (χ3v) is 4.10. The molecule has 0 saturated carbocycles. The van der Waals surface area contributed by atoms with Crippen molar-refractivity contribution in [1.29, 1.82) is 0 Å². The first kappa shape index (κ1) is 20.1. The zero-order valence-corrected chi connectivity index (χ0v) is 15.1. The molecule has 0 fully saturated rings. The number of benzene rings is 2. The molecule has 1 heterocycles. The zero-order valence-electron chi connectivity index (χ0n) is 15.1. The summed E-state index contributed by atoms with van der Waals surface area (Å²) in [5.74, 6) is -1.21. The highest BCUT2D eigenvalue weighted by atomic mass is 19.4. The summed E-state index contributed by atoms with van der Waals surface area (Å²) < 4.78 is 40.6. The van der Waals surface area contributed by atoms with Crippen LogP contribution in [-0.2, 0) is 11.0 Å².